The summed E-state index contributed by atoms with van der Waals surface area (Å²) in [4.78, 5) is 25.3. The standard InChI is InChI=1S/C13H14IN3O2/c14-9-1-3-10(4-2-9)17-7-5-13(6-8-17)11(18)15-12(19)16-13/h1-4H,5-8H2,(H2,15,16,18,19). The maximum Gasteiger partial charge on any atom is 0.322 e. The highest BCUT2D eigenvalue weighted by atomic mass is 127. The van der Waals surface area contributed by atoms with Crippen LogP contribution in [0.5, 0.6) is 0 Å². The number of halogens is 1. The van der Waals surface area contributed by atoms with Crippen LogP contribution in [-0.4, -0.2) is 30.6 Å². The van der Waals surface area contributed by atoms with Gasteiger partial charge in [-0.05, 0) is 59.7 Å². The number of hydrogen-bond acceptors (Lipinski definition) is 3. The van der Waals surface area contributed by atoms with E-state index in [4.69, 9.17) is 0 Å². The van der Waals surface area contributed by atoms with E-state index in [0.29, 0.717) is 12.8 Å². The Labute approximate surface area is 124 Å². The van der Waals surface area contributed by atoms with Gasteiger partial charge in [0.2, 0.25) is 0 Å². The van der Waals surface area contributed by atoms with Gasteiger partial charge in [0.1, 0.15) is 5.54 Å². The second-order valence-electron chi connectivity index (χ2n) is 4.95. The summed E-state index contributed by atoms with van der Waals surface area (Å²) in [5.74, 6) is -0.181. The minimum Gasteiger partial charge on any atom is -0.371 e. The van der Waals surface area contributed by atoms with E-state index in [2.05, 4.69) is 62.4 Å². The van der Waals surface area contributed by atoms with E-state index in [1.54, 1.807) is 0 Å². The van der Waals surface area contributed by atoms with Crippen LogP contribution in [0, 0.1) is 3.57 Å². The third kappa shape index (κ3) is 2.29. The maximum absolute atomic E-state index is 11.8. The van der Waals surface area contributed by atoms with Crippen molar-refractivity contribution in [3.05, 3.63) is 27.8 Å². The van der Waals surface area contributed by atoms with Crippen LogP contribution in [0.3, 0.4) is 0 Å². The van der Waals surface area contributed by atoms with Crippen molar-refractivity contribution >= 4 is 40.2 Å². The molecule has 0 radical (unpaired) electrons. The van der Waals surface area contributed by atoms with E-state index in [1.807, 2.05) is 0 Å². The molecule has 6 heteroatoms. The van der Waals surface area contributed by atoms with Gasteiger partial charge < -0.3 is 10.2 Å². The van der Waals surface area contributed by atoms with Gasteiger partial charge in [-0.25, -0.2) is 4.79 Å². The van der Waals surface area contributed by atoms with Crippen LogP contribution in [0.4, 0.5) is 10.5 Å². The largest absolute Gasteiger partial charge is 0.371 e. The number of carbonyl (C=O) groups is 2. The monoisotopic (exact) mass is 371 g/mol. The summed E-state index contributed by atoms with van der Waals surface area (Å²) in [6, 6.07) is 7.96. The molecule has 2 heterocycles. The van der Waals surface area contributed by atoms with Crippen molar-refractivity contribution in [2.24, 2.45) is 0 Å². The van der Waals surface area contributed by atoms with E-state index >= 15 is 0 Å². The Morgan fingerprint density at radius 2 is 1.74 bits per heavy atom. The van der Waals surface area contributed by atoms with Gasteiger partial charge in [-0.2, -0.15) is 0 Å². The Bertz CT molecular complexity index is 521. The first-order chi connectivity index (χ1) is 9.09. The van der Waals surface area contributed by atoms with Crippen LogP contribution in [0.2, 0.25) is 0 Å². The number of piperidine rings is 1. The van der Waals surface area contributed by atoms with Gasteiger partial charge in [0.25, 0.3) is 5.91 Å². The van der Waals surface area contributed by atoms with Gasteiger partial charge in [0, 0.05) is 22.3 Å². The fourth-order valence-corrected chi connectivity index (χ4v) is 3.04. The molecule has 3 rings (SSSR count). The highest BCUT2D eigenvalue weighted by molar-refractivity contribution is 14.1. The molecule has 0 saturated carbocycles. The fraction of sp³-hybridized carbons (Fsp3) is 0.385. The molecule has 100 valence electrons. The lowest BCUT2D eigenvalue weighted by molar-refractivity contribution is -0.124. The van der Waals surface area contributed by atoms with Crippen molar-refractivity contribution in [3.63, 3.8) is 0 Å². The zero-order valence-electron chi connectivity index (χ0n) is 10.3. The summed E-state index contributed by atoms with van der Waals surface area (Å²) in [7, 11) is 0. The molecular weight excluding hydrogens is 357 g/mol. The summed E-state index contributed by atoms with van der Waals surface area (Å²) in [5.41, 5.74) is 0.483. The second kappa shape index (κ2) is 4.66. The smallest absolute Gasteiger partial charge is 0.322 e. The molecule has 2 aliphatic heterocycles. The van der Waals surface area contributed by atoms with E-state index in [9.17, 15) is 9.59 Å². The third-order valence-electron chi connectivity index (χ3n) is 3.82. The highest BCUT2D eigenvalue weighted by Crippen LogP contribution is 2.28. The van der Waals surface area contributed by atoms with Gasteiger partial charge in [0.15, 0.2) is 0 Å². The van der Waals surface area contributed by atoms with Crippen LogP contribution in [0.1, 0.15) is 12.8 Å². The van der Waals surface area contributed by atoms with Crippen molar-refractivity contribution in [1.82, 2.24) is 10.6 Å². The molecule has 5 nitrogen and oxygen atoms in total. The van der Waals surface area contributed by atoms with Crippen LogP contribution in [0.15, 0.2) is 24.3 Å². The number of imide groups is 1. The summed E-state index contributed by atoms with van der Waals surface area (Å²) in [6.45, 7) is 1.54. The lowest BCUT2D eigenvalue weighted by Gasteiger charge is -2.38. The predicted molar refractivity (Wildman–Crippen MR) is 80.0 cm³/mol. The Morgan fingerprint density at radius 1 is 1.11 bits per heavy atom. The number of benzene rings is 1. The summed E-state index contributed by atoms with van der Waals surface area (Å²) in [6.07, 6.45) is 1.30. The van der Waals surface area contributed by atoms with Gasteiger partial charge in [-0.15, -0.1) is 0 Å². The van der Waals surface area contributed by atoms with Gasteiger partial charge in [0.05, 0.1) is 0 Å². The Hall–Kier alpha value is -1.31. The molecule has 1 aromatic rings. The first kappa shape index (κ1) is 12.7. The topological polar surface area (TPSA) is 61.4 Å². The minimum absolute atomic E-state index is 0.181. The summed E-state index contributed by atoms with van der Waals surface area (Å²) in [5, 5.41) is 5.10. The lowest BCUT2D eigenvalue weighted by atomic mass is 9.87. The van der Waals surface area contributed by atoms with E-state index in [0.717, 1.165) is 13.1 Å². The molecule has 2 saturated heterocycles. The van der Waals surface area contributed by atoms with Crippen molar-refractivity contribution in [3.8, 4) is 0 Å². The number of urea groups is 1. The van der Waals surface area contributed by atoms with Crippen molar-refractivity contribution in [2.45, 2.75) is 18.4 Å². The van der Waals surface area contributed by atoms with Gasteiger partial charge in [-0.3, -0.25) is 10.1 Å². The number of amides is 3. The van der Waals surface area contributed by atoms with Crippen molar-refractivity contribution in [1.29, 1.82) is 0 Å². The average molecular weight is 371 g/mol. The average Bonchev–Trinajstić information content (AvgIpc) is 2.66. The highest BCUT2D eigenvalue weighted by Gasteiger charge is 2.47. The van der Waals surface area contributed by atoms with Crippen molar-refractivity contribution in [2.75, 3.05) is 18.0 Å². The van der Waals surface area contributed by atoms with Crippen LogP contribution in [-0.2, 0) is 4.79 Å². The number of nitrogens with zero attached hydrogens (tertiary/aromatic N) is 1. The molecule has 0 atom stereocenters. The van der Waals surface area contributed by atoms with E-state index in [-0.39, 0.29) is 11.9 Å². The molecule has 0 unspecified atom stereocenters. The molecule has 2 N–H and O–H groups in total. The zero-order chi connectivity index (χ0) is 13.5. The molecule has 0 bridgehead atoms. The summed E-state index contributed by atoms with van der Waals surface area (Å²) < 4.78 is 1.21. The van der Waals surface area contributed by atoms with E-state index < -0.39 is 5.54 Å². The summed E-state index contributed by atoms with van der Waals surface area (Å²) >= 11 is 2.28. The molecule has 3 amide bonds. The SMILES string of the molecule is O=C1NC(=O)C2(CCN(c3ccc(I)cc3)CC2)N1. The molecular formula is C13H14IN3O2. The quantitative estimate of drug-likeness (QED) is 0.581. The predicted octanol–water partition coefficient (Wildman–Crippen LogP) is 1.47. The van der Waals surface area contributed by atoms with Crippen molar-refractivity contribution < 1.29 is 9.59 Å². The Morgan fingerprint density at radius 3 is 2.26 bits per heavy atom. The van der Waals surface area contributed by atoms with Crippen LogP contribution < -0.4 is 15.5 Å². The van der Waals surface area contributed by atoms with Gasteiger partial charge >= 0.3 is 6.03 Å². The number of nitrogens with one attached hydrogen (secondary N) is 2. The second-order valence-corrected chi connectivity index (χ2v) is 6.20. The molecule has 0 aromatic heterocycles. The number of hydrogen-bond donors (Lipinski definition) is 2. The lowest BCUT2D eigenvalue weighted by Crippen LogP contribution is -2.54. The Balaban J connectivity index is 1.71. The Kier molecular flexibility index (Phi) is 3.12. The first-order valence-corrected chi connectivity index (χ1v) is 7.31. The van der Waals surface area contributed by atoms with E-state index in [1.165, 1.54) is 9.26 Å². The number of rotatable bonds is 1. The molecule has 2 fully saturated rings. The molecule has 0 aliphatic carbocycles. The normalized spacial score (nSPS) is 21.4. The fourth-order valence-electron chi connectivity index (χ4n) is 2.68. The number of carbonyl (C=O) groups excluding carboxylic acids is 2. The zero-order valence-corrected chi connectivity index (χ0v) is 12.4. The molecule has 1 aromatic carbocycles. The molecule has 2 aliphatic rings. The number of anilines is 1. The minimum atomic E-state index is -0.684. The van der Waals surface area contributed by atoms with Crippen LogP contribution >= 0.6 is 22.6 Å². The van der Waals surface area contributed by atoms with Gasteiger partial charge in [-0.1, -0.05) is 0 Å². The third-order valence-corrected chi connectivity index (χ3v) is 4.54. The van der Waals surface area contributed by atoms with Crippen LogP contribution in [0.25, 0.3) is 0 Å². The maximum atomic E-state index is 11.8. The molecule has 1 spiro atoms. The molecule has 19 heavy (non-hydrogen) atoms. The first-order valence-electron chi connectivity index (χ1n) is 6.23.